The smallest absolute Gasteiger partial charge is 0.255 e. The summed E-state index contributed by atoms with van der Waals surface area (Å²) in [5.74, 6) is -0.121. The van der Waals surface area contributed by atoms with Gasteiger partial charge in [0.15, 0.2) is 0 Å². The van der Waals surface area contributed by atoms with E-state index in [0.717, 1.165) is 16.1 Å². The second kappa shape index (κ2) is 5.06. The van der Waals surface area contributed by atoms with Crippen LogP contribution < -0.4 is 5.32 Å². The predicted molar refractivity (Wildman–Crippen MR) is 72.8 cm³/mol. The summed E-state index contributed by atoms with van der Waals surface area (Å²) in [6, 6.07) is 14.8. The molecule has 0 saturated carbocycles. The zero-order valence-corrected chi connectivity index (χ0v) is 10.4. The van der Waals surface area contributed by atoms with Gasteiger partial charge in [-0.25, -0.2) is 0 Å². The molecule has 0 heterocycles. The van der Waals surface area contributed by atoms with Gasteiger partial charge in [0.05, 0.1) is 5.69 Å². The van der Waals surface area contributed by atoms with Crippen LogP contribution in [0.25, 0.3) is 0 Å². The first kappa shape index (κ1) is 11.7. The molecule has 0 aliphatic rings. The van der Waals surface area contributed by atoms with E-state index in [-0.39, 0.29) is 5.91 Å². The van der Waals surface area contributed by atoms with Crippen molar-refractivity contribution in [2.24, 2.45) is 0 Å². The summed E-state index contributed by atoms with van der Waals surface area (Å²) in [5.41, 5.74) is 2.49. The molecule has 0 radical (unpaired) electrons. The Morgan fingerprint density at radius 3 is 2.47 bits per heavy atom. The van der Waals surface area contributed by atoms with Gasteiger partial charge in [0.1, 0.15) is 0 Å². The van der Waals surface area contributed by atoms with Gasteiger partial charge in [-0.15, -0.1) is 12.6 Å². The van der Waals surface area contributed by atoms with Crippen LogP contribution in [-0.4, -0.2) is 5.91 Å². The van der Waals surface area contributed by atoms with Crippen LogP contribution in [0.15, 0.2) is 53.4 Å². The molecule has 0 atom stereocenters. The average molecular weight is 243 g/mol. The molecule has 86 valence electrons. The van der Waals surface area contributed by atoms with Crippen LogP contribution in [-0.2, 0) is 0 Å². The first-order chi connectivity index (χ1) is 8.16. The molecule has 2 aromatic carbocycles. The van der Waals surface area contributed by atoms with Crippen LogP contribution in [0.1, 0.15) is 15.9 Å². The molecule has 1 N–H and O–H groups in total. The summed E-state index contributed by atoms with van der Waals surface area (Å²) >= 11 is 4.34. The zero-order chi connectivity index (χ0) is 12.3. The Labute approximate surface area is 106 Å². The molecule has 1 amide bonds. The van der Waals surface area contributed by atoms with E-state index in [9.17, 15) is 4.79 Å². The fraction of sp³-hybridized carbons (Fsp3) is 0.0714. The van der Waals surface area contributed by atoms with E-state index in [1.165, 1.54) is 0 Å². The molecule has 2 rings (SSSR count). The van der Waals surface area contributed by atoms with Crippen molar-refractivity contribution >= 4 is 24.2 Å². The van der Waals surface area contributed by atoms with E-state index in [4.69, 9.17) is 0 Å². The number of nitrogens with one attached hydrogen (secondary N) is 1. The number of aryl methyl sites for hydroxylation is 1. The third-order valence-corrected chi connectivity index (χ3v) is 2.81. The molecule has 0 aliphatic carbocycles. The van der Waals surface area contributed by atoms with E-state index in [2.05, 4.69) is 17.9 Å². The fourth-order valence-electron chi connectivity index (χ4n) is 1.53. The topological polar surface area (TPSA) is 29.1 Å². The van der Waals surface area contributed by atoms with Crippen LogP contribution in [0, 0.1) is 6.92 Å². The lowest BCUT2D eigenvalue weighted by molar-refractivity contribution is 0.102. The van der Waals surface area contributed by atoms with Crippen molar-refractivity contribution in [2.45, 2.75) is 11.8 Å². The van der Waals surface area contributed by atoms with E-state index >= 15 is 0 Å². The maximum atomic E-state index is 11.9. The number of carbonyl (C=O) groups excluding carboxylic acids is 1. The summed E-state index contributed by atoms with van der Waals surface area (Å²) in [5, 5.41) is 2.84. The first-order valence-corrected chi connectivity index (χ1v) is 5.77. The molecular weight excluding hydrogens is 230 g/mol. The Bertz CT molecular complexity index is 537. The SMILES string of the molecule is Cc1ccc(NC(=O)c2ccccc2)c(S)c1. The molecule has 3 heteroatoms. The Morgan fingerprint density at radius 2 is 1.82 bits per heavy atom. The van der Waals surface area contributed by atoms with E-state index in [1.54, 1.807) is 12.1 Å². The minimum absolute atomic E-state index is 0.121. The molecular formula is C14H13NOS. The Hall–Kier alpha value is -1.74. The highest BCUT2D eigenvalue weighted by Crippen LogP contribution is 2.21. The maximum Gasteiger partial charge on any atom is 0.255 e. The number of amides is 1. The highest BCUT2D eigenvalue weighted by Gasteiger charge is 2.06. The largest absolute Gasteiger partial charge is 0.321 e. The number of anilines is 1. The van der Waals surface area contributed by atoms with Crippen LogP contribution in [0.2, 0.25) is 0 Å². The van der Waals surface area contributed by atoms with Gasteiger partial charge >= 0.3 is 0 Å². The lowest BCUT2D eigenvalue weighted by Gasteiger charge is -2.08. The summed E-state index contributed by atoms with van der Waals surface area (Å²) in [7, 11) is 0. The van der Waals surface area contributed by atoms with Crippen molar-refractivity contribution < 1.29 is 4.79 Å². The fourth-order valence-corrected chi connectivity index (χ4v) is 1.87. The van der Waals surface area contributed by atoms with Gasteiger partial charge in [-0.05, 0) is 36.8 Å². The Balaban J connectivity index is 2.19. The molecule has 2 aromatic rings. The molecule has 0 unspecified atom stereocenters. The molecule has 2 nitrogen and oxygen atoms in total. The van der Waals surface area contributed by atoms with Crippen LogP contribution in [0.3, 0.4) is 0 Å². The summed E-state index contributed by atoms with van der Waals surface area (Å²) < 4.78 is 0. The number of hydrogen-bond donors (Lipinski definition) is 2. The van der Waals surface area contributed by atoms with Crippen molar-refractivity contribution in [1.29, 1.82) is 0 Å². The lowest BCUT2D eigenvalue weighted by atomic mass is 10.2. The highest BCUT2D eigenvalue weighted by molar-refractivity contribution is 7.80. The van der Waals surface area contributed by atoms with Crippen molar-refractivity contribution in [1.82, 2.24) is 0 Å². The van der Waals surface area contributed by atoms with Crippen molar-refractivity contribution in [2.75, 3.05) is 5.32 Å². The molecule has 0 saturated heterocycles. The standard InChI is InChI=1S/C14H13NOS/c1-10-7-8-12(13(17)9-10)15-14(16)11-5-3-2-4-6-11/h2-9,17H,1H3,(H,15,16). The minimum Gasteiger partial charge on any atom is -0.321 e. The van der Waals surface area contributed by atoms with Gasteiger partial charge in [0, 0.05) is 10.5 Å². The van der Waals surface area contributed by atoms with Crippen molar-refractivity contribution in [3.05, 3.63) is 59.7 Å². The van der Waals surface area contributed by atoms with Gasteiger partial charge < -0.3 is 5.32 Å². The average Bonchev–Trinajstić information content (AvgIpc) is 2.34. The van der Waals surface area contributed by atoms with Gasteiger partial charge in [0.2, 0.25) is 0 Å². The van der Waals surface area contributed by atoms with E-state index in [1.807, 2.05) is 43.3 Å². The Morgan fingerprint density at radius 1 is 1.12 bits per heavy atom. The monoisotopic (exact) mass is 243 g/mol. The molecule has 17 heavy (non-hydrogen) atoms. The number of carbonyl (C=O) groups is 1. The van der Waals surface area contributed by atoms with E-state index in [0.29, 0.717) is 5.56 Å². The molecule has 0 fully saturated rings. The molecule has 0 bridgehead atoms. The number of thiol groups is 1. The second-order valence-electron chi connectivity index (χ2n) is 3.84. The summed E-state index contributed by atoms with van der Waals surface area (Å²) in [6.07, 6.45) is 0. The zero-order valence-electron chi connectivity index (χ0n) is 9.47. The van der Waals surface area contributed by atoms with Crippen LogP contribution in [0.5, 0.6) is 0 Å². The second-order valence-corrected chi connectivity index (χ2v) is 4.32. The lowest BCUT2D eigenvalue weighted by Crippen LogP contribution is -2.12. The minimum atomic E-state index is -0.121. The summed E-state index contributed by atoms with van der Waals surface area (Å²) in [6.45, 7) is 1.99. The molecule has 0 aromatic heterocycles. The first-order valence-electron chi connectivity index (χ1n) is 5.33. The van der Waals surface area contributed by atoms with Crippen molar-refractivity contribution in [3.63, 3.8) is 0 Å². The third kappa shape index (κ3) is 2.88. The van der Waals surface area contributed by atoms with Crippen LogP contribution in [0.4, 0.5) is 5.69 Å². The highest BCUT2D eigenvalue weighted by atomic mass is 32.1. The van der Waals surface area contributed by atoms with Crippen molar-refractivity contribution in [3.8, 4) is 0 Å². The number of rotatable bonds is 2. The summed E-state index contributed by atoms with van der Waals surface area (Å²) in [4.78, 5) is 12.7. The molecule has 0 spiro atoms. The quantitative estimate of drug-likeness (QED) is 0.776. The van der Waals surface area contributed by atoms with Crippen LogP contribution >= 0.6 is 12.6 Å². The number of hydrogen-bond acceptors (Lipinski definition) is 2. The third-order valence-electron chi connectivity index (χ3n) is 2.44. The predicted octanol–water partition coefficient (Wildman–Crippen LogP) is 3.54. The molecule has 0 aliphatic heterocycles. The number of benzene rings is 2. The van der Waals surface area contributed by atoms with E-state index < -0.39 is 0 Å². The Kier molecular flexibility index (Phi) is 3.49. The van der Waals surface area contributed by atoms with Gasteiger partial charge in [0.25, 0.3) is 5.91 Å². The van der Waals surface area contributed by atoms with Gasteiger partial charge in [-0.1, -0.05) is 24.3 Å². The van der Waals surface area contributed by atoms with Gasteiger partial charge in [-0.3, -0.25) is 4.79 Å². The normalized spacial score (nSPS) is 10.0. The maximum absolute atomic E-state index is 11.9. The van der Waals surface area contributed by atoms with Gasteiger partial charge in [-0.2, -0.15) is 0 Å².